The van der Waals surface area contributed by atoms with Crippen molar-refractivity contribution in [3.05, 3.63) is 53.6 Å². The maximum absolute atomic E-state index is 11.4. The van der Waals surface area contributed by atoms with E-state index in [1.165, 1.54) is 6.92 Å². The molecule has 0 aliphatic rings. The van der Waals surface area contributed by atoms with Crippen LogP contribution < -0.4 is 14.2 Å². The van der Waals surface area contributed by atoms with E-state index >= 15 is 0 Å². The molecular formula is C21H27NO5. The van der Waals surface area contributed by atoms with Crippen molar-refractivity contribution < 1.29 is 24.1 Å². The van der Waals surface area contributed by atoms with E-state index in [9.17, 15) is 9.90 Å². The van der Waals surface area contributed by atoms with E-state index in [0.29, 0.717) is 24.4 Å². The first kappa shape index (κ1) is 20.7. The number of carbonyl (C=O) groups excluding carboxylic acids is 1. The number of likely N-dealkylation sites (N-methyl/N-ethyl adjacent to an activating group) is 1. The lowest BCUT2D eigenvalue weighted by atomic mass is 10.1. The van der Waals surface area contributed by atoms with Crippen LogP contribution in [0.25, 0.3) is 0 Å². The Hall–Kier alpha value is -2.57. The van der Waals surface area contributed by atoms with E-state index in [4.69, 9.17) is 14.2 Å². The number of carbonyl (C=O) groups is 1. The molecule has 0 radical (unpaired) electrons. The maximum atomic E-state index is 11.4. The summed E-state index contributed by atoms with van der Waals surface area (Å²) in [5.74, 6) is 2.03. The van der Waals surface area contributed by atoms with Gasteiger partial charge in [-0.1, -0.05) is 18.2 Å². The summed E-state index contributed by atoms with van der Waals surface area (Å²) in [5.41, 5.74) is 1.59. The zero-order valence-electron chi connectivity index (χ0n) is 16.3. The van der Waals surface area contributed by atoms with Crippen molar-refractivity contribution in [3.8, 4) is 17.2 Å². The molecular weight excluding hydrogens is 346 g/mol. The van der Waals surface area contributed by atoms with Crippen LogP contribution in [0.4, 0.5) is 0 Å². The van der Waals surface area contributed by atoms with Crippen molar-refractivity contribution >= 4 is 5.78 Å². The summed E-state index contributed by atoms with van der Waals surface area (Å²) in [7, 11) is 5.16. The Balaban J connectivity index is 1.87. The van der Waals surface area contributed by atoms with Gasteiger partial charge in [0.1, 0.15) is 30.0 Å². The summed E-state index contributed by atoms with van der Waals surface area (Å²) < 4.78 is 16.2. The van der Waals surface area contributed by atoms with Crippen LogP contribution in [0, 0.1) is 0 Å². The Bertz CT molecular complexity index is 762. The summed E-state index contributed by atoms with van der Waals surface area (Å²) in [4.78, 5) is 13.4. The molecule has 1 N–H and O–H groups in total. The van der Waals surface area contributed by atoms with Crippen LogP contribution in [0.3, 0.4) is 0 Å². The molecule has 0 saturated carbocycles. The monoisotopic (exact) mass is 373 g/mol. The van der Waals surface area contributed by atoms with Gasteiger partial charge in [-0.05, 0) is 32.2 Å². The van der Waals surface area contributed by atoms with Crippen LogP contribution in [-0.4, -0.2) is 56.3 Å². The van der Waals surface area contributed by atoms with Gasteiger partial charge in [-0.25, -0.2) is 0 Å². The third-order valence-corrected chi connectivity index (χ3v) is 4.14. The molecule has 0 aromatic heterocycles. The third-order valence-electron chi connectivity index (χ3n) is 4.14. The molecule has 0 spiro atoms. The van der Waals surface area contributed by atoms with E-state index in [1.54, 1.807) is 38.5 Å². The summed E-state index contributed by atoms with van der Waals surface area (Å²) in [5, 5.41) is 10.3. The fourth-order valence-electron chi connectivity index (χ4n) is 2.75. The molecule has 1 atom stereocenters. The number of methoxy groups -OCH3 is 2. The van der Waals surface area contributed by atoms with E-state index in [2.05, 4.69) is 0 Å². The first-order chi connectivity index (χ1) is 12.9. The lowest BCUT2D eigenvalue weighted by Crippen LogP contribution is -2.32. The zero-order valence-corrected chi connectivity index (χ0v) is 16.3. The maximum Gasteiger partial charge on any atom is 0.159 e. The van der Waals surface area contributed by atoms with Gasteiger partial charge in [0.15, 0.2) is 5.78 Å². The Morgan fingerprint density at radius 2 is 1.89 bits per heavy atom. The van der Waals surface area contributed by atoms with Crippen LogP contribution >= 0.6 is 0 Å². The van der Waals surface area contributed by atoms with Crippen molar-refractivity contribution in [1.82, 2.24) is 4.90 Å². The lowest BCUT2D eigenvalue weighted by Gasteiger charge is -2.22. The molecule has 2 aromatic carbocycles. The second kappa shape index (κ2) is 9.94. The molecule has 0 fully saturated rings. The summed E-state index contributed by atoms with van der Waals surface area (Å²) in [6.07, 6.45) is -0.666. The number of rotatable bonds is 10. The molecule has 0 saturated heterocycles. The predicted molar refractivity (Wildman–Crippen MR) is 104 cm³/mol. The highest BCUT2D eigenvalue weighted by Gasteiger charge is 2.13. The SMILES string of the molecule is COc1ccc(CN(C)C[C@H](O)COc2cccc(C(C)=O)c2)c(OC)c1. The molecule has 2 rings (SSSR count). The van der Waals surface area contributed by atoms with E-state index < -0.39 is 6.10 Å². The Labute approximate surface area is 160 Å². The molecule has 146 valence electrons. The molecule has 27 heavy (non-hydrogen) atoms. The van der Waals surface area contributed by atoms with Crippen molar-refractivity contribution in [2.75, 3.05) is 34.4 Å². The molecule has 0 unspecified atom stereocenters. The second-order valence-corrected chi connectivity index (χ2v) is 6.42. The lowest BCUT2D eigenvalue weighted by molar-refractivity contribution is 0.0741. The van der Waals surface area contributed by atoms with E-state index in [0.717, 1.165) is 17.1 Å². The number of nitrogens with zero attached hydrogens (tertiary/aromatic N) is 1. The Morgan fingerprint density at radius 1 is 1.11 bits per heavy atom. The molecule has 0 aliphatic carbocycles. The number of ketones is 1. The minimum atomic E-state index is -0.666. The number of ether oxygens (including phenoxy) is 3. The summed E-state index contributed by atoms with van der Waals surface area (Å²) in [6, 6.07) is 12.6. The van der Waals surface area contributed by atoms with Crippen LogP contribution in [0.5, 0.6) is 17.2 Å². The first-order valence-electron chi connectivity index (χ1n) is 8.74. The molecule has 2 aromatic rings. The van der Waals surface area contributed by atoms with Gasteiger partial charge in [-0.3, -0.25) is 9.69 Å². The number of aliphatic hydroxyl groups is 1. The Kier molecular flexibility index (Phi) is 7.64. The van der Waals surface area contributed by atoms with Gasteiger partial charge in [-0.15, -0.1) is 0 Å². The minimum Gasteiger partial charge on any atom is -0.497 e. The average molecular weight is 373 g/mol. The highest BCUT2D eigenvalue weighted by Crippen LogP contribution is 2.25. The highest BCUT2D eigenvalue weighted by molar-refractivity contribution is 5.94. The smallest absolute Gasteiger partial charge is 0.159 e. The fourth-order valence-corrected chi connectivity index (χ4v) is 2.75. The van der Waals surface area contributed by atoms with Gasteiger partial charge in [0.2, 0.25) is 0 Å². The van der Waals surface area contributed by atoms with Gasteiger partial charge >= 0.3 is 0 Å². The van der Waals surface area contributed by atoms with Gasteiger partial charge in [-0.2, -0.15) is 0 Å². The average Bonchev–Trinajstić information content (AvgIpc) is 2.66. The van der Waals surface area contributed by atoms with Crippen molar-refractivity contribution in [3.63, 3.8) is 0 Å². The first-order valence-corrected chi connectivity index (χ1v) is 8.74. The molecule has 0 amide bonds. The van der Waals surface area contributed by atoms with E-state index in [-0.39, 0.29) is 12.4 Å². The summed E-state index contributed by atoms with van der Waals surface area (Å²) >= 11 is 0. The van der Waals surface area contributed by atoms with Gasteiger partial charge in [0.05, 0.1) is 14.2 Å². The van der Waals surface area contributed by atoms with Crippen molar-refractivity contribution in [2.45, 2.75) is 19.6 Å². The molecule has 0 aliphatic heterocycles. The van der Waals surface area contributed by atoms with Gasteiger partial charge in [0.25, 0.3) is 0 Å². The number of hydrogen-bond acceptors (Lipinski definition) is 6. The number of Topliss-reactive ketones (excluding diaryl/α,β-unsaturated/α-hetero) is 1. The normalized spacial score (nSPS) is 11.9. The fraction of sp³-hybridized carbons (Fsp3) is 0.381. The topological polar surface area (TPSA) is 68.2 Å². The van der Waals surface area contributed by atoms with Crippen LogP contribution in [0.2, 0.25) is 0 Å². The van der Waals surface area contributed by atoms with Crippen molar-refractivity contribution in [2.24, 2.45) is 0 Å². The van der Waals surface area contributed by atoms with Gasteiger partial charge < -0.3 is 19.3 Å². The zero-order chi connectivity index (χ0) is 19.8. The number of hydrogen-bond donors (Lipinski definition) is 1. The minimum absolute atomic E-state index is 0.0193. The molecule has 0 bridgehead atoms. The van der Waals surface area contributed by atoms with Crippen LogP contribution in [-0.2, 0) is 6.54 Å². The van der Waals surface area contributed by atoms with Crippen molar-refractivity contribution in [1.29, 1.82) is 0 Å². The summed E-state index contributed by atoms with van der Waals surface area (Å²) in [6.45, 7) is 2.70. The highest BCUT2D eigenvalue weighted by atomic mass is 16.5. The predicted octanol–water partition coefficient (Wildman–Crippen LogP) is 2.78. The van der Waals surface area contributed by atoms with Crippen LogP contribution in [0.15, 0.2) is 42.5 Å². The third kappa shape index (κ3) is 6.27. The number of benzene rings is 2. The molecule has 0 heterocycles. The Morgan fingerprint density at radius 3 is 2.56 bits per heavy atom. The standard InChI is InChI=1S/C21H27NO5/c1-15(23)16-6-5-7-20(10-16)27-14-18(24)13-22(2)12-17-8-9-19(25-3)11-21(17)26-4/h5-11,18,24H,12-14H2,1-4H3/t18-/m0/s1. The van der Waals surface area contributed by atoms with Crippen LogP contribution in [0.1, 0.15) is 22.8 Å². The quantitative estimate of drug-likeness (QED) is 0.646. The molecule has 6 heteroatoms. The number of aliphatic hydroxyl groups excluding tert-OH is 1. The molecule has 6 nitrogen and oxygen atoms in total. The van der Waals surface area contributed by atoms with E-state index in [1.807, 2.05) is 30.1 Å². The second-order valence-electron chi connectivity index (χ2n) is 6.42. The largest absolute Gasteiger partial charge is 0.497 e. The van der Waals surface area contributed by atoms with Gasteiger partial charge in [0, 0.05) is 30.3 Å².